The summed E-state index contributed by atoms with van der Waals surface area (Å²) in [6, 6.07) is 31.1. The van der Waals surface area contributed by atoms with Crippen molar-refractivity contribution in [2.24, 2.45) is 0 Å². The molecule has 0 aliphatic rings. The maximum atomic E-state index is 6.70. The molecule has 7 nitrogen and oxygen atoms in total. The van der Waals surface area contributed by atoms with Crippen LogP contribution in [-0.2, 0) is 34.0 Å². The molecule has 1 N–H and O–H groups in total. The van der Waals surface area contributed by atoms with Crippen molar-refractivity contribution in [3.05, 3.63) is 108 Å². The number of benzene rings is 3. The van der Waals surface area contributed by atoms with Crippen molar-refractivity contribution in [2.75, 3.05) is 86.3 Å². The number of rotatable bonds is 22. The van der Waals surface area contributed by atoms with Gasteiger partial charge in [0.15, 0.2) is 0 Å². The quantitative estimate of drug-likeness (QED) is 0.151. The molecule has 212 valence electrons. The highest BCUT2D eigenvalue weighted by molar-refractivity contribution is 5.47. The molecule has 0 aliphatic heterocycles. The van der Waals surface area contributed by atoms with Gasteiger partial charge in [-0.2, -0.15) is 0 Å². The maximum Gasteiger partial charge on any atom is 0.143 e. The van der Waals surface area contributed by atoms with Crippen LogP contribution in [0.3, 0.4) is 0 Å². The highest BCUT2D eigenvalue weighted by Gasteiger charge is 2.37. The van der Waals surface area contributed by atoms with Gasteiger partial charge in [0.25, 0.3) is 0 Å². The Hall–Kier alpha value is -2.62. The molecule has 0 radical (unpaired) electrons. The van der Waals surface area contributed by atoms with Gasteiger partial charge in [-0.15, -0.1) is 0 Å². The molecule has 0 amide bonds. The first-order chi connectivity index (χ1) is 19.4. The summed E-state index contributed by atoms with van der Waals surface area (Å²) in [7, 11) is 1.90. The predicted octanol–water partition coefficient (Wildman–Crippen LogP) is 4.30. The van der Waals surface area contributed by atoms with E-state index in [-0.39, 0.29) is 0 Å². The van der Waals surface area contributed by atoms with Crippen molar-refractivity contribution in [2.45, 2.75) is 5.60 Å². The van der Waals surface area contributed by atoms with Gasteiger partial charge in [0.05, 0.1) is 72.7 Å². The molecule has 3 rings (SSSR count). The first-order valence-corrected chi connectivity index (χ1v) is 13.7. The molecule has 0 atom stereocenters. The van der Waals surface area contributed by atoms with Gasteiger partial charge >= 0.3 is 0 Å². The summed E-state index contributed by atoms with van der Waals surface area (Å²) in [5.41, 5.74) is 2.50. The van der Waals surface area contributed by atoms with Crippen molar-refractivity contribution in [1.82, 2.24) is 5.32 Å². The van der Waals surface area contributed by atoms with E-state index in [1.54, 1.807) is 0 Å². The lowest BCUT2D eigenvalue weighted by Gasteiger charge is -2.36. The molecule has 0 saturated heterocycles. The van der Waals surface area contributed by atoms with E-state index < -0.39 is 5.60 Å². The third kappa shape index (κ3) is 10.8. The predicted molar refractivity (Wildman–Crippen MR) is 153 cm³/mol. The fourth-order valence-corrected chi connectivity index (χ4v) is 4.18. The largest absolute Gasteiger partial charge is 0.378 e. The Morgan fingerprint density at radius 3 is 1.08 bits per heavy atom. The summed E-state index contributed by atoms with van der Waals surface area (Å²) < 4.78 is 34.5. The van der Waals surface area contributed by atoms with Gasteiger partial charge in [-0.3, -0.25) is 0 Å². The number of ether oxygens (including phenoxy) is 6. The fraction of sp³-hybridized carbons (Fsp3) is 0.438. The molecule has 0 saturated carbocycles. The lowest BCUT2D eigenvalue weighted by molar-refractivity contribution is -0.0391. The third-order valence-corrected chi connectivity index (χ3v) is 6.07. The van der Waals surface area contributed by atoms with Crippen LogP contribution in [0.4, 0.5) is 0 Å². The summed E-state index contributed by atoms with van der Waals surface area (Å²) in [6.07, 6.45) is 0. The van der Waals surface area contributed by atoms with E-state index in [1.807, 2.05) is 61.6 Å². The molecular weight excluding hydrogens is 494 g/mol. The van der Waals surface area contributed by atoms with E-state index in [2.05, 4.69) is 41.7 Å². The average molecular weight is 538 g/mol. The van der Waals surface area contributed by atoms with Crippen LogP contribution in [0.25, 0.3) is 0 Å². The van der Waals surface area contributed by atoms with Crippen molar-refractivity contribution in [1.29, 1.82) is 0 Å². The topological polar surface area (TPSA) is 67.4 Å². The normalized spacial score (nSPS) is 11.6. The van der Waals surface area contributed by atoms with Crippen LogP contribution in [0.15, 0.2) is 91.0 Å². The smallest absolute Gasteiger partial charge is 0.143 e. The highest BCUT2D eigenvalue weighted by Crippen LogP contribution is 2.40. The first kappa shape index (κ1) is 30.9. The van der Waals surface area contributed by atoms with E-state index in [9.17, 15) is 0 Å². The van der Waals surface area contributed by atoms with E-state index in [0.717, 1.165) is 23.2 Å². The SMILES string of the molecule is CNCCOCCOCCOCCOCCOCCOC(c1ccccc1)(c1ccccc1)c1ccccc1. The Labute approximate surface area is 233 Å². The molecule has 0 bridgehead atoms. The highest BCUT2D eigenvalue weighted by atomic mass is 16.6. The molecule has 0 fully saturated rings. The molecule has 39 heavy (non-hydrogen) atoms. The van der Waals surface area contributed by atoms with Gasteiger partial charge in [-0.25, -0.2) is 0 Å². The molecule has 0 unspecified atom stereocenters. The number of hydrogen-bond acceptors (Lipinski definition) is 7. The van der Waals surface area contributed by atoms with E-state index in [0.29, 0.717) is 72.7 Å². The summed E-state index contributed by atoms with van der Waals surface area (Å²) in [5.74, 6) is 0. The van der Waals surface area contributed by atoms with Crippen molar-refractivity contribution in [3.63, 3.8) is 0 Å². The summed E-state index contributed by atoms with van der Waals surface area (Å²) in [4.78, 5) is 0. The zero-order valence-corrected chi connectivity index (χ0v) is 23.1. The van der Waals surface area contributed by atoms with Crippen molar-refractivity contribution < 1.29 is 28.4 Å². The fourth-order valence-electron chi connectivity index (χ4n) is 4.18. The number of hydrogen-bond donors (Lipinski definition) is 1. The van der Waals surface area contributed by atoms with Gasteiger partial charge in [0.1, 0.15) is 5.60 Å². The lowest BCUT2D eigenvalue weighted by Crippen LogP contribution is -2.34. The Morgan fingerprint density at radius 1 is 0.436 bits per heavy atom. The summed E-state index contributed by atoms with van der Waals surface area (Å²) in [6.45, 7) is 6.75. The van der Waals surface area contributed by atoms with E-state index in [1.165, 1.54) is 0 Å². The monoisotopic (exact) mass is 537 g/mol. The van der Waals surface area contributed by atoms with E-state index >= 15 is 0 Å². The van der Waals surface area contributed by atoms with Gasteiger partial charge in [-0.1, -0.05) is 91.0 Å². The molecule has 0 aliphatic carbocycles. The standard InChI is InChI=1S/C32H43NO6/c1-33-17-18-34-19-20-35-21-22-36-23-24-37-25-26-38-27-28-39-32(29-11-5-2-6-12-29,30-13-7-3-8-14-30)31-15-9-4-10-16-31/h2-16,33H,17-28H2,1H3. The van der Waals surface area contributed by atoms with Crippen LogP contribution >= 0.6 is 0 Å². The van der Waals surface area contributed by atoms with Crippen LogP contribution in [0, 0.1) is 0 Å². The molecule has 0 heterocycles. The Bertz CT molecular complexity index is 877. The van der Waals surface area contributed by atoms with Gasteiger partial charge < -0.3 is 33.7 Å². The number of nitrogens with one attached hydrogen (secondary N) is 1. The third-order valence-electron chi connectivity index (χ3n) is 6.07. The van der Waals surface area contributed by atoms with Crippen LogP contribution in [-0.4, -0.2) is 86.3 Å². The molecule has 3 aromatic carbocycles. The maximum absolute atomic E-state index is 6.70. The van der Waals surface area contributed by atoms with Crippen LogP contribution in [0.5, 0.6) is 0 Å². The van der Waals surface area contributed by atoms with Crippen LogP contribution < -0.4 is 5.32 Å². The van der Waals surface area contributed by atoms with E-state index in [4.69, 9.17) is 28.4 Å². The minimum absolute atomic E-state index is 0.433. The summed E-state index contributed by atoms with van der Waals surface area (Å²) >= 11 is 0. The van der Waals surface area contributed by atoms with Gasteiger partial charge in [0, 0.05) is 6.54 Å². The second-order valence-electron chi connectivity index (χ2n) is 8.79. The Kier molecular flexibility index (Phi) is 15.4. The number of likely N-dealkylation sites (N-methyl/N-ethyl adjacent to an activating group) is 1. The second-order valence-corrected chi connectivity index (χ2v) is 8.79. The lowest BCUT2D eigenvalue weighted by atomic mass is 9.80. The first-order valence-electron chi connectivity index (χ1n) is 13.7. The second kappa shape index (κ2) is 19.4. The zero-order chi connectivity index (χ0) is 27.3. The van der Waals surface area contributed by atoms with Crippen LogP contribution in [0.2, 0.25) is 0 Å². The molecule has 0 aromatic heterocycles. The van der Waals surface area contributed by atoms with Gasteiger partial charge in [-0.05, 0) is 23.7 Å². The van der Waals surface area contributed by atoms with Gasteiger partial charge in [0.2, 0.25) is 0 Å². The van der Waals surface area contributed by atoms with Crippen molar-refractivity contribution in [3.8, 4) is 0 Å². The minimum Gasteiger partial charge on any atom is -0.378 e. The Balaban J connectivity index is 1.34. The van der Waals surface area contributed by atoms with Crippen LogP contribution in [0.1, 0.15) is 16.7 Å². The summed E-state index contributed by atoms with van der Waals surface area (Å²) in [5, 5.41) is 3.03. The average Bonchev–Trinajstić information content (AvgIpc) is 3.00. The molecular formula is C32H43NO6. The Morgan fingerprint density at radius 2 is 0.744 bits per heavy atom. The molecule has 0 spiro atoms. The molecule has 3 aromatic rings. The zero-order valence-electron chi connectivity index (χ0n) is 23.1. The van der Waals surface area contributed by atoms with Crippen molar-refractivity contribution >= 4 is 0 Å². The minimum atomic E-state index is -0.732. The molecule has 7 heteroatoms.